The van der Waals surface area contributed by atoms with Gasteiger partial charge in [-0.15, -0.1) is 0 Å². The number of H-pyrrole nitrogens is 1. The molecule has 4 heterocycles. The van der Waals surface area contributed by atoms with Crippen LogP contribution in [0.2, 0.25) is 5.02 Å². The van der Waals surface area contributed by atoms with E-state index in [1.165, 1.54) is 5.56 Å². The number of ether oxygens (including phenoxy) is 3. The van der Waals surface area contributed by atoms with Crippen LogP contribution in [0.1, 0.15) is 5.56 Å². The first-order chi connectivity index (χ1) is 16.1. The lowest BCUT2D eigenvalue weighted by Crippen LogP contribution is -2.34. The van der Waals surface area contributed by atoms with E-state index in [1.54, 1.807) is 0 Å². The number of benzene rings is 2. The third-order valence-electron chi connectivity index (χ3n) is 6.44. The van der Waals surface area contributed by atoms with E-state index in [1.807, 2.05) is 43.3 Å². The Hall–Kier alpha value is -2.90. The number of aromatic amines is 1. The van der Waals surface area contributed by atoms with Gasteiger partial charge in [0.2, 0.25) is 0 Å². The average molecular weight is 463 g/mol. The number of aromatic nitrogens is 2. The molecule has 2 saturated heterocycles. The summed E-state index contributed by atoms with van der Waals surface area (Å²) in [5.41, 5.74) is 6.49. The quantitative estimate of drug-likeness (QED) is 0.457. The van der Waals surface area contributed by atoms with Crippen LogP contribution in [0, 0.1) is 6.92 Å². The fraction of sp³-hybridized carbons (Fsp3) is 0.269. The van der Waals surface area contributed by atoms with Crippen molar-refractivity contribution in [3.8, 4) is 28.3 Å². The topological polar surface area (TPSA) is 76.6 Å². The van der Waals surface area contributed by atoms with Crippen molar-refractivity contribution >= 4 is 22.6 Å². The number of fused-ring (bicyclic) bond motifs is 2. The molecular formula is C26H23ClN2O4. The molecule has 0 aliphatic carbocycles. The molecule has 0 spiro atoms. The molecule has 2 aliphatic rings. The van der Waals surface area contributed by atoms with E-state index in [0.717, 1.165) is 33.4 Å². The molecular weight excluding hydrogens is 440 g/mol. The van der Waals surface area contributed by atoms with Crippen molar-refractivity contribution < 1.29 is 19.3 Å². The Morgan fingerprint density at radius 1 is 0.970 bits per heavy atom. The van der Waals surface area contributed by atoms with Gasteiger partial charge >= 0.3 is 0 Å². The smallest absolute Gasteiger partial charge is 0.196 e. The predicted molar refractivity (Wildman–Crippen MR) is 127 cm³/mol. The molecule has 2 aliphatic heterocycles. The molecule has 4 aromatic rings. The van der Waals surface area contributed by atoms with E-state index in [9.17, 15) is 5.11 Å². The summed E-state index contributed by atoms with van der Waals surface area (Å²) in [5.74, 6) is 0.615. The molecule has 4 atom stereocenters. The number of nitrogens with zero attached hydrogens (tertiary/aromatic N) is 1. The number of nitrogens with one attached hydrogen (secondary N) is 1. The van der Waals surface area contributed by atoms with Gasteiger partial charge in [-0.05, 0) is 24.1 Å². The third-order valence-corrected chi connectivity index (χ3v) is 6.72. The van der Waals surface area contributed by atoms with Gasteiger partial charge in [0.05, 0.1) is 35.0 Å². The first kappa shape index (κ1) is 20.7. The van der Waals surface area contributed by atoms with Crippen LogP contribution < -0.4 is 4.74 Å². The summed E-state index contributed by atoms with van der Waals surface area (Å²) < 4.78 is 17.6. The molecule has 168 valence electrons. The zero-order valence-corrected chi connectivity index (χ0v) is 18.8. The second-order valence-corrected chi connectivity index (χ2v) is 8.96. The number of pyridine rings is 1. The summed E-state index contributed by atoms with van der Waals surface area (Å²) in [7, 11) is 0. The van der Waals surface area contributed by atoms with Crippen molar-refractivity contribution in [2.75, 3.05) is 13.2 Å². The van der Waals surface area contributed by atoms with Gasteiger partial charge in [-0.25, -0.2) is 4.98 Å². The van der Waals surface area contributed by atoms with Crippen LogP contribution >= 0.6 is 11.6 Å². The van der Waals surface area contributed by atoms with E-state index in [4.69, 9.17) is 30.8 Å². The van der Waals surface area contributed by atoms with Gasteiger partial charge < -0.3 is 24.3 Å². The van der Waals surface area contributed by atoms with Gasteiger partial charge in [-0.3, -0.25) is 0 Å². The van der Waals surface area contributed by atoms with Crippen LogP contribution in [0.3, 0.4) is 0 Å². The Kier molecular flexibility index (Phi) is 5.11. The Bertz CT molecular complexity index is 1310. The van der Waals surface area contributed by atoms with Crippen LogP contribution in [0.5, 0.6) is 5.88 Å². The third kappa shape index (κ3) is 3.60. The Morgan fingerprint density at radius 3 is 2.45 bits per heavy atom. The van der Waals surface area contributed by atoms with E-state index in [-0.39, 0.29) is 24.9 Å². The van der Waals surface area contributed by atoms with Crippen LogP contribution in [-0.4, -0.2) is 52.7 Å². The second kappa shape index (κ2) is 8.15. The number of aliphatic hydroxyl groups is 1. The maximum atomic E-state index is 9.97. The number of hydrogen-bond donors (Lipinski definition) is 2. The molecule has 6 rings (SSSR count). The lowest BCUT2D eigenvalue weighted by molar-refractivity contribution is 0.00782. The number of aliphatic hydroxyl groups excluding tert-OH is 1. The molecule has 7 heteroatoms. The summed E-state index contributed by atoms with van der Waals surface area (Å²) in [6.07, 6.45) is -1.51. The van der Waals surface area contributed by atoms with Gasteiger partial charge in [-0.1, -0.05) is 66.2 Å². The fourth-order valence-corrected chi connectivity index (χ4v) is 4.92. The van der Waals surface area contributed by atoms with Gasteiger partial charge in [0.15, 0.2) is 12.0 Å². The maximum Gasteiger partial charge on any atom is 0.196 e. The van der Waals surface area contributed by atoms with Crippen LogP contribution in [0.4, 0.5) is 0 Å². The first-order valence-corrected chi connectivity index (χ1v) is 11.4. The highest BCUT2D eigenvalue weighted by molar-refractivity contribution is 6.33. The molecule has 2 N–H and O–H groups in total. The van der Waals surface area contributed by atoms with Crippen molar-refractivity contribution in [1.29, 1.82) is 0 Å². The molecule has 2 aromatic heterocycles. The van der Waals surface area contributed by atoms with Crippen LogP contribution in [0.15, 0.2) is 60.7 Å². The molecule has 0 bridgehead atoms. The molecule has 2 fully saturated rings. The normalized spacial score (nSPS) is 24.3. The zero-order chi connectivity index (χ0) is 22.5. The highest BCUT2D eigenvalue weighted by atomic mass is 35.5. The van der Waals surface area contributed by atoms with E-state index >= 15 is 0 Å². The minimum absolute atomic E-state index is 0.268. The number of hydrogen-bond acceptors (Lipinski definition) is 5. The molecule has 2 aromatic carbocycles. The lowest BCUT2D eigenvalue weighted by Gasteiger charge is -2.17. The highest BCUT2D eigenvalue weighted by Crippen LogP contribution is 2.36. The zero-order valence-electron chi connectivity index (χ0n) is 18.0. The van der Waals surface area contributed by atoms with Gasteiger partial charge in [-0.2, -0.15) is 0 Å². The predicted octanol–water partition coefficient (Wildman–Crippen LogP) is 4.76. The maximum absolute atomic E-state index is 9.97. The van der Waals surface area contributed by atoms with Crippen LogP contribution in [-0.2, 0) is 9.47 Å². The van der Waals surface area contributed by atoms with E-state index in [0.29, 0.717) is 17.5 Å². The monoisotopic (exact) mass is 462 g/mol. The lowest BCUT2D eigenvalue weighted by atomic mass is 10.0. The largest absolute Gasteiger partial charge is 0.470 e. The minimum atomic E-state index is -0.608. The van der Waals surface area contributed by atoms with Crippen molar-refractivity contribution in [1.82, 2.24) is 9.97 Å². The number of halogens is 1. The summed E-state index contributed by atoms with van der Waals surface area (Å²) in [4.78, 5) is 8.16. The molecule has 6 nitrogen and oxygen atoms in total. The summed E-state index contributed by atoms with van der Waals surface area (Å²) >= 11 is 6.62. The second-order valence-electron chi connectivity index (χ2n) is 8.56. The van der Waals surface area contributed by atoms with E-state index < -0.39 is 6.10 Å². The first-order valence-electron chi connectivity index (χ1n) is 11.0. The van der Waals surface area contributed by atoms with Crippen molar-refractivity contribution in [3.63, 3.8) is 0 Å². The minimum Gasteiger partial charge on any atom is -0.470 e. The Labute approximate surface area is 196 Å². The molecule has 0 radical (unpaired) electrons. The molecule has 33 heavy (non-hydrogen) atoms. The summed E-state index contributed by atoms with van der Waals surface area (Å²) in [6.45, 7) is 2.61. The van der Waals surface area contributed by atoms with Crippen molar-refractivity contribution in [2.24, 2.45) is 0 Å². The molecule has 0 saturated carbocycles. The van der Waals surface area contributed by atoms with Crippen molar-refractivity contribution in [3.05, 3.63) is 71.2 Å². The van der Waals surface area contributed by atoms with Crippen LogP contribution in [0.25, 0.3) is 33.4 Å². The summed E-state index contributed by atoms with van der Waals surface area (Å²) in [5, 5.41) is 10.5. The Balaban J connectivity index is 1.30. The Morgan fingerprint density at radius 2 is 1.67 bits per heavy atom. The standard InChI is InChI=1S/C26H23ClN2O4/c1-14-22-19(28-26(14)33-21-13-32-24-20(30)12-31-25(21)24)11-18(27)23(29-22)17-9-7-16(8-10-17)15-5-3-2-4-6-15/h2-11,20-21,24-25,28,30H,12-13H2,1H3. The van der Waals surface area contributed by atoms with E-state index in [2.05, 4.69) is 29.2 Å². The van der Waals surface area contributed by atoms with Crippen molar-refractivity contribution in [2.45, 2.75) is 31.3 Å². The number of rotatable bonds is 4. The summed E-state index contributed by atoms with van der Waals surface area (Å²) in [6, 6.07) is 20.4. The van der Waals surface area contributed by atoms with Gasteiger partial charge in [0.25, 0.3) is 0 Å². The van der Waals surface area contributed by atoms with Gasteiger partial charge in [0.1, 0.15) is 18.3 Å². The fourth-order valence-electron chi connectivity index (χ4n) is 4.66. The van der Waals surface area contributed by atoms with Gasteiger partial charge in [0, 0.05) is 11.1 Å². The molecule has 4 unspecified atom stereocenters. The highest BCUT2D eigenvalue weighted by Gasteiger charge is 2.48. The average Bonchev–Trinajstić information content (AvgIpc) is 3.50. The number of aryl methyl sites for hydroxylation is 1. The SMILES string of the molecule is Cc1c(OC2COC3C(O)COC23)[nH]c2cc(Cl)c(-c3ccc(-c4ccccc4)cc3)nc12. The molecule has 0 amide bonds.